The molecule has 1 aliphatic heterocycles. The van der Waals surface area contributed by atoms with Crippen molar-refractivity contribution < 1.29 is 9.53 Å². The molecular weight excluding hydrogens is 216 g/mol. The summed E-state index contributed by atoms with van der Waals surface area (Å²) in [4.78, 5) is 13.8. The number of anilines is 1. The molecule has 0 fully saturated rings. The molecule has 1 aromatic carbocycles. The average Bonchev–Trinajstić information content (AvgIpc) is 2.26. The first kappa shape index (κ1) is 11.8. The van der Waals surface area contributed by atoms with E-state index in [2.05, 4.69) is 5.32 Å². The highest BCUT2D eigenvalue weighted by Gasteiger charge is 2.27. The van der Waals surface area contributed by atoms with Gasteiger partial charge in [-0.2, -0.15) is 0 Å². The lowest BCUT2D eigenvalue weighted by Crippen LogP contribution is -2.48. The van der Waals surface area contributed by atoms with Crippen molar-refractivity contribution in [3.8, 4) is 5.75 Å². The molecule has 0 spiro atoms. The van der Waals surface area contributed by atoms with Gasteiger partial charge in [0.2, 0.25) is 0 Å². The monoisotopic (exact) mass is 234 g/mol. The van der Waals surface area contributed by atoms with Crippen LogP contribution in [0.4, 0.5) is 10.5 Å². The van der Waals surface area contributed by atoms with Crippen molar-refractivity contribution in [2.75, 3.05) is 11.4 Å². The van der Waals surface area contributed by atoms with Crippen LogP contribution in [0.5, 0.6) is 5.75 Å². The van der Waals surface area contributed by atoms with E-state index in [1.54, 1.807) is 4.90 Å². The van der Waals surface area contributed by atoms with Crippen LogP contribution >= 0.6 is 0 Å². The van der Waals surface area contributed by atoms with E-state index in [4.69, 9.17) is 4.74 Å². The Hall–Kier alpha value is -1.71. The highest BCUT2D eigenvalue weighted by Crippen LogP contribution is 2.32. The van der Waals surface area contributed by atoms with Crippen molar-refractivity contribution >= 4 is 11.7 Å². The molecule has 2 rings (SSSR count). The van der Waals surface area contributed by atoms with Crippen molar-refractivity contribution in [1.82, 2.24) is 5.32 Å². The Labute approximate surface area is 102 Å². The first-order valence-corrected chi connectivity index (χ1v) is 5.91. The highest BCUT2D eigenvalue weighted by atomic mass is 16.5. The summed E-state index contributed by atoms with van der Waals surface area (Å²) in [6.45, 7) is 6.45. The number of benzene rings is 1. The predicted octanol–water partition coefficient (Wildman–Crippen LogP) is 2.39. The summed E-state index contributed by atoms with van der Waals surface area (Å²) in [6.07, 6.45) is 0.0165. The van der Waals surface area contributed by atoms with E-state index >= 15 is 0 Å². The van der Waals surface area contributed by atoms with Crippen LogP contribution in [0.1, 0.15) is 20.8 Å². The van der Waals surface area contributed by atoms with Gasteiger partial charge in [0.05, 0.1) is 12.2 Å². The van der Waals surface area contributed by atoms with E-state index in [0.717, 1.165) is 11.4 Å². The highest BCUT2D eigenvalue weighted by molar-refractivity contribution is 5.94. The number of amides is 2. The van der Waals surface area contributed by atoms with Crippen LogP contribution < -0.4 is 15.0 Å². The van der Waals surface area contributed by atoms with Crippen LogP contribution in [0.3, 0.4) is 0 Å². The molecule has 1 heterocycles. The zero-order valence-electron chi connectivity index (χ0n) is 10.4. The fourth-order valence-corrected chi connectivity index (χ4v) is 1.91. The second-order valence-corrected chi connectivity index (χ2v) is 4.61. The van der Waals surface area contributed by atoms with Gasteiger partial charge in [0.15, 0.2) is 0 Å². The molecule has 1 unspecified atom stereocenters. The van der Waals surface area contributed by atoms with Crippen LogP contribution in [0, 0.1) is 0 Å². The number of para-hydroxylation sites is 2. The Kier molecular flexibility index (Phi) is 3.22. The number of urea groups is 1. The summed E-state index contributed by atoms with van der Waals surface area (Å²) < 4.78 is 5.70. The smallest absolute Gasteiger partial charge is 0.322 e. The maximum absolute atomic E-state index is 12.1. The average molecular weight is 234 g/mol. The molecule has 1 N–H and O–H groups in total. The first-order valence-electron chi connectivity index (χ1n) is 5.91. The van der Waals surface area contributed by atoms with Gasteiger partial charge >= 0.3 is 6.03 Å². The van der Waals surface area contributed by atoms with Gasteiger partial charge in [0.1, 0.15) is 11.9 Å². The molecule has 2 amide bonds. The van der Waals surface area contributed by atoms with Gasteiger partial charge < -0.3 is 10.1 Å². The summed E-state index contributed by atoms with van der Waals surface area (Å²) in [7, 11) is 0. The number of carbonyl (C=O) groups is 1. The zero-order chi connectivity index (χ0) is 12.4. The number of fused-ring (bicyclic) bond motifs is 1. The molecule has 0 saturated carbocycles. The third kappa shape index (κ3) is 2.52. The summed E-state index contributed by atoms with van der Waals surface area (Å²) in [6, 6.07) is 7.68. The van der Waals surface area contributed by atoms with Crippen LogP contribution in [-0.4, -0.2) is 24.7 Å². The Balaban J connectivity index is 2.26. The van der Waals surface area contributed by atoms with Crippen LogP contribution in [0.25, 0.3) is 0 Å². The van der Waals surface area contributed by atoms with Gasteiger partial charge in [0.25, 0.3) is 0 Å². The van der Waals surface area contributed by atoms with Gasteiger partial charge in [-0.1, -0.05) is 12.1 Å². The molecule has 17 heavy (non-hydrogen) atoms. The molecule has 4 heteroatoms. The molecule has 0 aliphatic carbocycles. The molecule has 0 bridgehead atoms. The Morgan fingerprint density at radius 3 is 2.88 bits per heavy atom. The number of rotatable bonds is 1. The van der Waals surface area contributed by atoms with Gasteiger partial charge in [-0.05, 0) is 32.9 Å². The van der Waals surface area contributed by atoms with E-state index in [9.17, 15) is 4.79 Å². The second kappa shape index (κ2) is 4.65. The molecule has 0 saturated heterocycles. The van der Waals surface area contributed by atoms with Gasteiger partial charge in [0, 0.05) is 6.04 Å². The summed E-state index contributed by atoms with van der Waals surface area (Å²) in [5.74, 6) is 0.769. The van der Waals surface area contributed by atoms with Crippen molar-refractivity contribution in [1.29, 1.82) is 0 Å². The number of nitrogens with one attached hydrogen (secondary N) is 1. The zero-order valence-corrected chi connectivity index (χ0v) is 10.4. The lowest BCUT2D eigenvalue weighted by molar-refractivity contribution is 0.204. The quantitative estimate of drug-likeness (QED) is 0.810. The molecule has 1 aromatic rings. The minimum atomic E-state index is -0.0670. The second-order valence-electron chi connectivity index (χ2n) is 4.61. The number of nitrogens with zero attached hydrogens (tertiary/aromatic N) is 1. The van der Waals surface area contributed by atoms with Gasteiger partial charge in [-0.25, -0.2) is 4.79 Å². The van der Waals surface area contributed by atoms with Crippen molar-refractivity contribution in [2.45, 2.75) is 32.9 Å². The maximum Gasteiger partial charge on any atom is 0.322 e. The molecule has 0 radical (unpaired) electrons. The maximum atomic E-state index is 12.1. The topological polar surface area (TPSA) is 41.6 Å². The molecule has 1 atom stereocenters. The standard InChI is InChI=1S/C13H18N2O2/c1-9(2)14-13(16)15-8-10(3)17-12-7-5-4-6-11(12)15/h4-7,9-10H,8H2,1-3H3,(H,14,16). The molecule has 0 aromatic heterocycles. The first-order chi connectivity index (χ1) is 8.08. The van der Waals surface area contributed by atoms with Crippen LogP contribution in [-0.2, 0) is 0 Å². The largest absolute Gasteiger partial charge is 0.487 e. The molecular formula is C13H18N2O2. The number of ether oxygens (including phenoxy) is 1. The summed E-state index contributed by atoms with van der Waals surface area (Å²) in [5, 5.41) is 2.91. The summed E-state index contributed by atoms with van der Waals surface area (Å²) in [5.41, 5.74) is 0.837. The Bertz CT molecular complexity index is 418. The van der Waals surface area contributed by atoms with E-state index < -0.39 is 0 Å². The van der Waals surface area contributed by atoms with Crippen LogP contribution in [0.15, 0.2) is 24.3 Å². The summed E-state index contributed by atoms with van der Waals surface area (Å²) >= 11 is 0. The SMILES string of the molecule is CC(C)NC(=O)N1CC(C)Oc2ccccc21. The van der Waals surface area contributed by atoms with Gasteiger partial charge in [-0.15, -0.1) is 0 Å². The lowest BCUT2D eigenvalue weighted by Gasteiger charge is -2.33. The van der Waals surface area contributed by atoms with Crippen LogP contribution in [0.2, 0.25) is 0 Å². The molecule has 92 valence electrons. The third-order valence-corrected chi connectivity index (χ3v) is 2.58. The third-order valence-electron chi connectivity index (χ3n) is 2.58. The van der Waals surface area contributed by atoms with Crippen molar-refractivity contribution in [3.63, 3.8) is 0 Å². The minimum Gasteiger partial charge on any atom is -0.487 e. The molecule has 4 nitrogen and oxygen atoms in total. The van der Waals surface area contributed by atoms with E-state index in [-0.39, 0.29) is 18.2 Å². The fraction of sp³-hybridized carbons (Fsp3) is 0.462. The Morgan fingerprint density at radius 1 is 1.47 bits per heavy atom. The number of hydrogen-bond donors (Lipinski definition) is 1. The minimum absolute atomic E-state index is 0.0165. The number of carbonyl (C=O) groups excluding carboxylic acids is 1. The van der Waals surface area contributed by atoms with Crippen molar-refractivity contribution in [3.05, 3.63) is 24.3 Å². The number of hydrogen-bond acceptors (Lipinski definition) is 2. The van der Waals surface area contributed by atoms with E-state index in [1.807, 2.05) is 45.0 Å². The van der Waals surface area contributed by atoms with E-state index in [1.165, 1.54) is 0 Å². The van der Waals surface area contributed by atoms with Gasteiger partial charge in [-0.3, -0.25) is 4.90 Å². The lowest BCUT2D eigenvalue weighted by atomic mass is 10.2. The predicted molar refractivity (Wildman–Crippen MR) is 67.5 cm³/mol. The van der Waals surface area contributed by atoms with Crippen molar-refractivity contribution in [2.24, 2.45) is 0 Å². The Morgan fingerprint density at radius 2 is 2.18 bits per heavy atom. The fourth-order valence-electron chi connectivity index (χ4n) is 1.91. The van der Waals surface area contributed by atoms with E-state index in [0.29, 0.717) is 6.54 Å². The molecule has 1 aliphatic rings. The normalized spacial score (nSPS) is 18.6.